The molecule has 3 amide bonds. The summed E-state index contributed by atoms with van der Waals surface area (Å²) in [4.78, 5) is 55.2. The second-order valence-electron chi connectivity index (χ2n) is 10.2. The van der Waals surface area contributed by atoms with Crippen LogP contribution in [-0.4, -0.2) is 65.7 Å². The van der Waals surface area contributed by atoms with Gasteiger partial charge in [0.2, 0.25) is 11.8 Å². The van der Waals surface area contributed by atoms with E-state index in [1.54, 1.807) is 24.3 Å². The highest BCUT2D eigenvalue weighted by Crippen LogP contribution is 2.22. The van der Waals surface area contributed by atoms with Gasteiger partial charge in [-0.15, -0.1) is 23.2 Å². The van der Waals surface area contributed by atoms with Gasteiger partial charge < -0.3 is 19.7 Å². The van der Waals surface area contributed by atoms with E-state index in [2.05, 4.69) is 10.2 Å². The summed E-state index contributed by atoms with van der Waals surface area (Å²) in [5, 5.41) is 2.74. The van der Waals surface area contributed by atoms with Gasteiger partial charge in [0.05, 0.1) is 0 Å². The minimum absolute atomic E-state index is 0.00418. The average Bonchev–Trinajstić information content (AvgIpc) is 3.45. The zero-order valence-electron chi connectivity index (χ0n) is 24.2. The molecule has 232 valence electrons. The topological polar surface area (TPSA) is 105 Å². The number of likely N-dealkylation sites (tertiary alicyclic amines) is 1. The van der Waals surface area contributed by atoms with E-state index in [9.17, 15) is 19.2 Å². The highest BCUT2D eigenvalue weighted by atomic mass is 35.5. The molecule has 1 heterocycles. The van der Waals surface area contributed by atoms with Crippen LogP contribution in [0.5, 0.6) is 0 Å². The Morgan fingerprint density at radius 1 is 0.818 bits per heavy atom. The van der Waals surface area contributed by atoms with Gasteiger partial charge >= 0.3 is 12.1 Å². The molecule has 0 spiro atoms. The number of amides is 3. The van der Waals surface area contributed by atoms with Crippen LogP contribution >= 0.6 is 23.2 Å². The van der Waals surface area contributed by atoms with E-state index in [-0.39, 0.29) is 32.5 Å². The van der Waals surface area contributed by atoms with E-state index in [1.807, 2.05) is 60.7 Å². The van der Waals surface area contributed by atoms with Crippen molar-refractivity contribution in [1.29, 1.82) is 0 Å². The van der Waals surface area contributed by atoms with Crippen LogP contribution in [0.15, 0.2) is 84.9 Å². The standard InChI is InChI=1S/C33H35Cl2N3O6/c34-17-19-37(20-18-35)27-13-11-24(12-14-27)21-28(32(41)43-22-25-7-3-1-4-8-25)36-31(40)29-15-16-30(39)38(29)33(42)44-23-26-9-5-2-6-10-26/h1-14,28-29H,15-23H2,(H,36,40)/t28-,29-/m0/s1. The maximum atomic E-state index is 13.5. The third kappa shape index (κ3) is 9.21. The Morgan fingerprint density at radius 3 is 1.95 bits per heavy atom. The summed E-state index contributed by atoms with van der Waals surface area (Å²) in [5.41, 5.74) is 3.24. The zero-order chi connectivity index (χ0) is 31.3. The largest absolute Gasteiger partial charge is 0.459 e. The van der Waals surface area contributed by atoms with Crippen LogP contribution in [0.2, 0.25) is 0 Å². The molecule has 9 nitrogen and oxygen atoms in total. The Bertz CT molecular complexity index is 1390. The summed E-state index contributed by atoms with van der Waals surface area (Å²) in [6, 6.07) is 23.6. The number of halogens is 2. The van der Waals surface area contributed by atoms with Crippen molar-refractivity contribution >= 4 is 52.8 Å². The number of nitrogens with one attached hydrogen (secondary N) is 1. The lowest BCUT2D eigenvalue weighted by molar-refractivity contribution is -0.149. The number of esters is 1. The predicted molar refractivity (Wildman–Crippen MR) is 168 cm³/mol. The molecule has 1 saturated heterocycles. The van der Waals surface area contributed by atoms with Crippen LogP contribution < -0.4 is 10.2 Å². The molecule has 0 unspecified atom stereocenters. The van der Waals surface area contributed by atoms with Crippen molar-refractivity contribution in [2.45, 2.75) is 44.6 Å². The molecule has 3 aromatic rings. The zero-order valence-corrected chi connectivity index (χ0v) is 25.7. The van der Waals surface area contributed by atoms with Crippen molar-refractivity contribution in [2.75, 3.05) is 29.7 Å². The third-order valence-electron chi connectivity index (χ3n) is 7.19. The van der Waals surface area contributed by atoms with Gasteiger partial charge in [-0.3, -0.25) is 9.59 Å². The van der Waals surface area contributed by atoms with Crippen LogP contribution in [0.1, 0.15) is 29.5 Å². The summed E-state index contributed by atoms with van der Waals surface area (Å²) >= 11 is 11.9. The lowest BCUT2D eigenvalue weighted by atomic mass is 10.0. The number of imide groups is 1. The van der Waals surface area contributed by atoms with Crippen LogP contribution in [0, 0.1) is 0 Å². The van der Waals surface area contributed by atoms with Crippen molar-refractivity contribution in [3.05, 3.63) is 102 Å². The maximum absolute atomic E-state index is 13.5. The highest BCUT2D eigenvalue weighted by Gasteiger charge is 2.42. The van der Waals surface area contributed by atoms with Gasteiger partial charge in [0.1, 0.15) is 25.3 Å². The van der Waals surface area contributed by atoms with E-state index < -0.39 is 36.0 Å². The van der Waals surface area contributed by atoms with Crippen molar-refractivity contribution in [1.82, 2.24) is 10.2 Å². The SMILES string of the molecule is O=C(OCc1ccccc1)[C@H](Cc1ccc(N(CCCl)CCCl)cc1)NC(=O)[C@@H]1CCC(=O)N1C(=O)OCc1ccccc1. The second kappa shape index (κ2) is 16.7. The molecule has 0 bridgehead atoms. The molecule has 0 saturated carbocycles. The number of hydrogen-bond acceptors (Lipinski definition) is 7. The lowest BCUT2D eigenvalue weighted by Gasteiger charge is -2.25. The summed E-state index contributed by atoms with van der Waals surface area (Å²) in [6.45, 7) is 1.23. The Morgan fingerprint density at radius 2 is 1.39 bits per heavy atom. The van der Waals surface area contributed by atoms with Gasteiger partial charge in [-0.2, -0.15) is 0 Å². The number of carbonyl (C=O) groups excluding carboxylic acids is 4. The first-order chi connectivity index (χ1) is 21.4. The third-order valence-corrected chi connectivity index (χ3v) is 7.53. The number of alkyl halides is 2. The number of benzene rings is 3. The van der Waals surface area contributed by atoms with E-state index in [0.717, 1.165) is 27.3 Å². The number of nitrogens with zero attached hydrogens (tertiary/aromatic N) is 2. The number of ether oxygens (including phenoxy) is 2. The van der Waals surface area contributed by atoms with Gasteiger partial charge in [0, 0.05) is 43.4 Å². The Labute approximate surface area is 267 Å². The van der Waals surface area contributed by atoms with E-state index in [4.69, 9.17) is 32.7 Å². The molecule has 1 aliphatic heterocycles. The molecular weight excluding hydrogens is 605 g/mol. The second-order valence-corrected chi connectivity index (χ2v) is 11.0. The normalized spacial score (nSPS) is 15.0. The molecule has 3 aromatic carbocycles. The predicted octanol–water partition coefficient (Wildman–Crippen LogP) is 5.07. The molecule has 1 fully saturated rings. The van der Waals surface area contributed by atoms with Crippen molar-refractivity contribution in [3.8, 4) is 0 Å². The number of anilines is 1. The molecule has 44 heavy (non-hydrogen) atoms. The van der Waals surface area contributed by atoms with Gasteiger partial charge in [-0.05, 0) is 35.2 Å². The first kappa shape index (κ1) is 32.8. The molecule has 0 aliphatic carbocycles. The van der Waals surface area contributed by atoms with Gasteiger partial charge in [0.25, 0.3) is 0 Å². The maximum Gasteiger partial charge on any atom is 0.417 e. The summed E-state index contributed by atoms with van der Waals surface area (Å²) in [5.74, 6) is -0.901. The van der Waals surface area contributed by atoms with Crippen LogP contribution in [-0.2, 0) is 43.5 Å². The molecule has 0 aromatic heterocycles. The van der Waals surface area contributed by atoms with Gasteiger partial charge in [-0.25, -0.2) is 14.5 Å². The Kier molecular flexibility index (Phi) is 12.4. The molecule has 1 N–H and O–H groups in total. The monoisotopic (exact) mass is 639 g/mol. The van der Waals surface area contributed by atoms with Crippen LogP contribution in [0.3, 0.4) is 0 Å². The molecular formula is C33H35Cl2N3O6. The fourth-order valence-corrected chi connectivity index (χ4v) is 5.30. The van der Waals surface area contributed by atoms with Crippen molar-refractivity contribution in [3.63, 3.8) is 0 Å². The van der Waals surface area contributed by atoms with Gasteiger partial charge in [0.15, 0.2) is 0 Å². The minimum atomic E-state index is -1.11. The van der Waals surface area contributed by atoms with Crippen LogP contribution in [0.25, 0.3) is 0 Å². The highest BCUT2D eigenvalue weighted by molar-refractivity contribution is 6.18. The fourth-order valence-electron chi connectivity index (χ4n) is 4.89. The number of rotatable bonds is 14. The summed E-state index contributed by atoms with van der Waals surface area (Å²) < 4.78 is 10.9. The smallest absolute Gasteiger partial charge is 0.417 e. The number of hydrogen-bond donors (Lipinski definition) is 1. The first-order valence-corrected chi connectivity index (χ1v) is 15.5. The Balaban J connectivity index is 1.47. The quantitative estimate of drug-likeness (QED) is 0.194. The lowest BCUT2D eigenvalue weighted by Crippen LogP contribution is -2.52. The minimum Gasteiger partial charge on any atom is -0.459 e. The van der Waals surface area contributed by atoms with Gasteiger partial charge in [-0.1, -0.05) is 72.8 Å². The summed E-state index contributed by atoms with van der Waals surface area (Å²) in [6.07, 6.45) is -0.662. The molecule has 4 rings (SSSR count). The number of carbonyl (C=O) groups is 4. The van der Waals surface area contributed by atoms with E-state index >= 15 is 0 Å². The van der Waals surface area contributed by atoms with E-state index in [0.29, 0.717) is 24.8 Å². The van der Waals surface area contributed by atoms with Crippen molar-refractivity contribution in [2.24, 2.45) is 0 Å². The fraction of sp³-hybridized carbons (Fsp3) is 0.333. The van der Waals surface area contributed by atoms with Crippen LogP contribution in [0.4, 0.5) is 10.5 Å². The molecule has 0 radical (unpaired) electrons. The average molecular weight is 641 g/mol. The molecule has 1 aliphatic rings. The first-order valence-electron chi connectivity index (χ1n) is 14.4. The molecule has 2 atom stereocenters. The summed E-state index contributed by atoms with van der Waals surface area (Å²) in [7, 11) is 0. The van der Waals surface area contributed by atoms with Crippen molar-refractivity contribution < 1.29 is 28.7 Å². The molecule has 11 heteroatoms. The Hall–Kier alpha value is -4.08. The van der Waals surface area contributed by atoms with E-state index in [1.165, 1.54) is 0 Å².